The van der Waals surface area contributed by atoms with E-state index in [-0.39, 0.29) is 22.5 Å². The van der Waals surface area contributed by atoms with Crippen molar-refractivity contribution in [2.24, 2.45) is 5.41 Å². The van der Waals surface area contributed by atoms with Gasteiger partial charge in [-0.2, -0.15) is 5.26 Å². The molecule has 0 aliphatic heterocycles. The lowest BCUT2D eigenvalue weighted by atomic mass is 9.40. The fourth-order valence-corrected chi connectivity index (χ4v) is 6.80. The van der Waals surface area contributed by atoms with Crippen LogP contribution < -0.4 is 14.2 Å². The largest absolute Gasteiger partial charge is 0.493 e. The molecule has 34 heavy (non-hydrogen) atoms. The smallest absolute Gasteiger partial charge is 0.209 e. The fourth-order valence-electron chi connectivity index (χ4n) is 5.53. The molecular formula is C26H29ClN2O4S. The zero-order valence-electron chi connectivity index (χ0n) is 19.7. The molecular weight excluding hydrogens is 472 g/mol. The molecule has 6 rings (SSSR count). The standard InChI is InChI=1S/C26H29ClN2O4S/c1-24(2,19-10-17(12-28)23(22(27)11-19)33-21-8-9-21)18-4-6-20(7-5-18)32-16-25-13-26(14-25,15-25)29-34(3,30)31/h4-7,10-11,21,29H,8-9,13-16H2,1-3H3. The minimum Gasteiger partial charge on any atom is -0.493 e. The van der Waals surface area contributed by atoms with Gasteiger partial charge >= 0.3 is 0 Å². The van der Waals surface area contributed by atoms with Crippen LogP contribution >= 0.6 is 11.6 Å². The molecule has 0 spiro atoms. The van der Waals surface area contributed by atoms with E-state index in [1.54, 1.807) is 0 Å². The van der Waals surface area contributed by atoms with Crippen molar-refractivity contribution >= 4 is 21.6 Å². The molecule has 6 nitrogen and oxygen atoms in total. The van der Waals surface area contributed by atoms with Gasteiger partial charge in [0.25, 0.3) is 0 Å². The van der Waals surface area contributed by atoms with Gasteiger partial charge in [-0.1, -0.05) is 37.6 Å². The van der Waals surface area contributed by atoms with Crippen LogP contribution in [-0.4, -0.2) is 32.9 Å². The summed E-state index contributed by atoms with van der Waals surface area (Å²) in [4.78, 5) is 0. The highest BCUT2D eigenvalue weighted by Crippen LogP contribution is 2.67. The van der Waals surface area contributed by atoms with Crippen molar-refractivity contribution in [1.82, 2.24) is 4.72 Å². The van der Waals surface area contributed by atoms with Gasteiger partial charge in [0, 0.05) is 16.4 Å². The summed E-state index contributed by atoms with van der Waals surface area (Å²) in [6.07, 6.45) is 5.89. The summed E-state index contributed by atoms with van der Waals surface area (Å²) in [5.74, 6) is 1.27. The Kier molecular flexibility index (Phi) is 5.44. The van der Waals surface area contributed by atoms with Crippen molar-refractivity contribution in [3.63, 3.8) is 0 Å². The van der Waals surface area contributed by atoms with Gasteiger partial charge in [0.2, 0.25) is 10.0 Å². The molecule has 0 saturated heterocycles. The highest BCUT2D eigenvalue weighted by atomic mass is 35.5. The van der Waals surface area contributed by atoms with Crippen LogP contribution in [0, 0.1) is 16.7 Å². The number of ether oxygens (including phenoxy) is 2. The lowest BCUT2D eigenvalue weighted by molar-refractivity contribution is -0.162. The minimum atomic E-state index is -3.18. The van der Waals surface area contributed by atoms with Crippen LogP contribution in [-0.2, 0) is 15.4 Å². The predicted octanol–water partition coefficient (Wildman–Crippen LogP) is 4.93. The molecule has 180 valence electrons. The average molecular weight is 501 g/mol. The summed E-state index contributed by atoms with van der Waals surface area (Å²) in [6.45, 7) is 4.80. The summed E-state index contributed by atoms with van der Waals surface area (Å²) in [5, 5.41) is 10.1. The van der Waals surface area contributed by atoms with Crippen LogP contribution in [0.25, 0.3) is 0 Å². The fraction of sp³-hybridized carbons (Fsp3) is 0.500. The first-order valence-corrected chi connectivity index (χ1v) is 13.8. The van der Waals surface area contributed by atoms with E-state index in [2.05, 4.69) is 24.6 Å². The average Bonchev–Trinajstić information content (AvgIpc) is 3.53. The molecule has 0 heterocycles. The second kappa shape index (κ2) is 7.87. The molecule has 0 unspecified atom stereocenters. The lowest BCUT2D eigenvalue weighted by Crippen LogP contribution is -2.76. The minimum absolute atomic E-state index is 0.0877. The van der Waals surface area contributed by atoms with Crippen molar-refractivity contribution in [3.05, 3.63) is 58.1 Å². The van der Waals surface area contributed by atoms with Gasteiger partial charge in [-0.25, -0.2) is 13.1 Å². The number of benzene rings is 2. The van der Waals surface area contributed by atoms with Gasteiger partial charge in [0.15, 0.2) is 5.75 Å². The topological polar surface area (TPSA) is 88.4 Å². The Balaban J connectivity index is 1.25. The third-order valence-corrected chi connectivity index (χ3v) is 8.44. The molecule has 0 amide bonds. The van der Waals surface area contributed by atoms with Gasteiger partial charge in [0.1, 0.15) is 11.8 Å². The highest BCUT2D eigenvalue weighted by molar-refractivity contribution is 7.88. The van der Waals surface area contributed by atoms with Gasteiger partial charge in [0.05, 0.1) is 29.6 Å². The summed E-state index contributed by atoms with van der Waals surface area (Å²) in [5.41, 5.74) is 1.96. The van der Waals surface area contributed by atoms with Crippen LogP contribution in [0.5, 0.6) is 11.5 Å². The van der Waals surface area contributed by atoms with Gasteiger partial charge < -0.3 is 9.47 Å². The highest BCUT2D eigenvalue weighted by Gasteiger charge is 2.69. The van der Waals surface area contributed by atoms with Gasteiger partial charge in [-0.05, 0) is 67.5 Å². The molecule has 2 bridgehead atoms. The molecule has 2 aromatic carbocycles. The van der Waals surface area contributed by atoms with E-state index in [9.17, 15) is 13.7 Å². The molecule has 8 heteroatoms. The molecule has 4 fully saturated rings. The van der Waals surface area contributed by atoms with Crippen LogP contribution in [0.3, 0.4) is 0 Å². The predicted molar refractivity (Wildman–Crippen MR) is 131 cm³/mol. The second-order valence-corrected chi connectivity index (χ2v) is 13.0. The molecule has 1 N–H and O–H groups in total. The third kappa shape index (κ3) is 4.39. The molecule has 2 aromatic rings. The summed E-state index contributed by atoms with van der Waals surface area (Å²) < 4.78 is 37.7. The Morgan fingerprint density at radius 3 is 2.35 bits per heavy atom. The molecule has 4 aliphatic rings. The summed E-state index contributed by atoms with van der Waals surface area (Å²) in [7, 11) is -3.18. The van der Waals surface area contributed by atoms with Crippen molar-refractivity contribution in [2.45, 2.75) is 63.0 Å². The first-order chi connectivity index (χ1) is 15.9. The van der Waals surface area contributed by atoms with E-state index < -0.39 is 10.0 Å². The zero-order valence-corrected chi connectivity index (χ0v) is 21.2. The number of nitriles is 1. The Morgan fingerprint density at radius 1 is 1.15 bits per heavy atom. The van der Waals surface area contributed by atoms with E-state index in [1.807, 2.05) is 36.4 Å². The zero-order chi connectivity index (χ0) is 24.4. The number of hydrogen-bond donors (Lipinski definition) is 1. The van der Waals surface area contributed by atoms with Gasteiger partial charge in [-0.3, -0.25) is 0 Å². The number of nitrogens with one attached hydrogen (secondary N) is 1. The summed E-state index contributed by atoms with van der Waals surface area (Å²) >= 11 is 6.52. The first kappa shape index (κ1) is 23.5. The number of hydrogen-bond acceptors (Lipinski definition) is 5. The first-order valence-electron chi connectivity index (χ1n) is 11.6. The van der Waals surface area contributed by atoms with Crippen molar-refractivity contribution in [2.75, 3.05) is 12.9 Å². The van der Waals surface area contributed by atoms with Crippen molar-refractivity contribution in [1.29, 1.82) is 5.26 Å². The number of sulfonamides is 1. The Labute approximate surface area is 206 Å². The van der Waals surface area contributed by atoms with Crippen LogP contribution in [0.1, 0.15) is 62.6 Å². The molecule has 0 radical (unpaired) electrons. The monoisotopic (exact) mass is 500 g/mol. The van der Waals surface area contributed by atoms with Crippen LogP contribution in [0.15, 0.2) is 36.4 Å². The molecule has 4 saturated carbocycles. The van der Waals surface area contributed by atoms with E-state index in [0.29, 0.717) is 22.9 Å². The van der Waals surface area contributed by atoms with E-state index in [0.717, 1.165) is 49.0 Å². The van der Waals surface area contributed by atoms with Crippen LogP contribution in [0.2, 0.25) is 5.02 Å². The van der Waals surface area contributed by atoms with Gasteiger partial charge in [-0.15, -0.1) is 0 Å². The van der Waals surface area contributed by atoms with Crippen molar-refractivity contribution in [3.8, 4) is 17.6 Å². The third-order valence-electron chi connectivity index (χ3n) is 7.36. The number of rotatable bonds is 9. The SMILES string of the molecule is CC(C)(c1ccc(OCC23CC(NS(C)(=O)=O)(C2)C3)cc1)c1cc(Cl)c(OC2CC2)c(C#N)c1. The van der Waals surface area contributed by atoms with Crippen molar-refractivity contribution < 1.29 is 17.9 Å². The molecule has 0 atom stereocenters. The number of nitrogens with zero attached hydrogens (tertiary/aromatic N) is 1. The molecule has 4 aliphatic carbocycles. The van der Waals surface area contributed by atoms with E-state index >= 15 is 0 Å². The number of halogens is 1. The Hall–Kier alpha value is -2.27. The quantitative estimate of drug-likeness (QED) is 0.527. The lowest BCUT2D eigenvalue weighted by Gasteiger charge is -2.69. The molecule has 0 aromatic heterocycles. The normalized spacial score (nSPS) is 25.6. The van der Waals surface area contributed by atoms with E-state index in [4.69, 9.17) is 21.1 Å². The Bertz CT molecular complexity index is 1260. The maximum atomic E-state index is 11.5. The summed E-state index contributed by atoms with van der Waals surface area (Å²) in [6, 6.07) is 14.0. The maximum Gasteiger partial charge on any atom is 0.209 e. The van der Waals surface area contributed by atoms with Crippen LogP contribution in [0.4, 0.5) is 0 Å². The van der Waals surface area contributed by atoms with E-state index in [1.165, 1.54) is 6.26 Å². The second-order valence-electron chi connectivity index (χ2n) is 10.9. The maximum absolute atomic E-state index is 11.5. The Morgan fingerprint density at radius 2 is 1.79 bits per heavy atom.